The highest BCUT2D eigenvalue weighted by molar-refractivity contribution is 5.45. The maximum atomic E-state index is 11.1. The van der Waals surface area contributed by atoms with E-state index in [1.54, 1.807) is 0 Å². The Morgan fingerprint density at radius 2 is 1.60 bits per heavy atom. The average Bonchev–Trinajstić information content (AvgIpc) is 2.82. The summed E-state index contributed by atoms with van der Waals surface area (Å²) in [6.45, 7) is 2.77. The Kier molecular flexibility index (Phi) is 3.49. The first kappa shape index (κ1) is 13.2. The van der Waals surface area contributed by atoms with Crippen LogP contribution in [0.25, 0.3) is 0 Å². The van der Waals surface area contributed by atoms with E-state index in [1.807, 2.05) is 36.4 Å². The van der Waals surface area contributed by atoms with E-state index < -0.39 is 5.60 Å². The van der Waals surface area contributed by atoms with Crippen molar-refractivity contribution in [3.8, 4) is 5.75 Å². The van der Waals surface area contributed by atoms with Crippen LogP contribution < -0.4 is 4.74 Å². The number of hydrogen-bond acceptors (Lipinski definition) is 2. The highest BCUT2D eigenvalue weighted by Gasteiger charge is 2.38. The minimum absolute atomic E-state index is 0.662. The second-order valence-electron chi connectivity index (χ2n) is 5.50. The Morgan fingerprint density at radius 3 is 2.25 bits per heavy atom. The molecule has 1 aliphatic rings. The lowest BCUT2D eigenvalue weighted by atomic mass is 9.90. The van der Waals surface area contributed by atoms with E-state index in [1.165, 1.54) is 11.1 Å². The third-order valence-corrected chi connectivity index (χ3v) is 3.93. The zero-order chi connectivity index (χ0) is 14.0. The summed E-state index contributed by atoms with van der Waals surface area (Å²) >= 11 is 0. The normalized spacial score (nSPS) is 15.9. The van der Waals surface area contributed by atoms with E-state index in [0.29, 0.717) is 19.4 Å². The maximum absolute atomic E-state index is 11.1. The Labute approximate surface area is 120 Å². The fraction of sp³-hybridized carbons (Fsp3) is 0.333. The molecule has 0 unspecified atom stereocenters. The van der Waals surface area contributed by atoms with E-state index in [2.05, 4.69) is 19.1 Å². The lowest BCUT2D eigenvalue weighted by Gasteiger charge is -2.25. The molecule has 2 aromatic carbocycles. The van der Waals surface area contributed by atoms with E-state index >= 15 is 0 Å². The minimum atomic E-state index is -0.839. The molecule has 2 heteroatoms. The molecule has 104 valence electrons. The van der Waals surface area contributed by atoms with Gasteiger partial charge in [-0.1, -0.05) is 49.4 Å². The summed E-state index contributed by atoms with van der Waals surface area (Å²) < 4.78 is 5.80. The summed E-state index contributed by atoms with van der Waals surface area (Å²) in [4.78, 5) is 0. The largest absolute Gasteiger partial charge is 0.493 e. The van der Waals surface area contributed by atoms with Crippen LogP contribution in [0.4, 0.5) is 0 Å². The number of fused-ring (bicyclic) bond motifs is 1. The van der Waals surface area contributed by atoms with Crippen LogP contribution in [0.2, 0.25) is 0 Å². The quantitative estimate of drug-likeness (QED) is 0.920. The monoisotopic (exact) mass is 268 g/mol. The van der Waals surface area contributed by atoms with Crippen LogP contribution in [0.5, 0.6) is 5.75 Å². The lowest BCUT2D eigenvalue weighted by molar-refractivity contribution is 0.0449. The first-order valence-corrected chi connectivity index (χ1v) is 7.24. The van der Waals surface area contributed by atoms with Crippen LogP contribution in [0.1, 0.15) is 30.0 Å². The minimum Gasteiger partial charge on any atom is -0.493 e. The van der Waals surface area contributed by atoms with Crippen LogP contribution in [0.15, 0.2) is 48.5 Å². The van der Waals surface area contributed by atoms with Gasteiger partial charge in [-0.15, -0.1) is 0 Å². The van der Waals surface area contributed by atoms with Gasteiger partial charge in [0.15, 0.2) is 0 Å². The fourth-order valence-electron chi connectivity index (χ4n) is 2.97. The Bertz CT molecular complexity index is 579. The van der Waals surface area contributed by atoms with Gasteiger partial charge in [-0.05, 0) is 23.6 Å². The Balaban J connectivity index is 1.94. The third-order valence-electron chi connectivity index (χ3n) is 3.93. The SMILES string of the molecule is CCCOc1ccccc1C1(O)Cc2ccccc2C1. The second-order valence-corrected chi connectivity index (χ2v) is 5.50. The van der Waals surface area contributed by atoms with Crippen molar-refractivity contribution in [3.05, 3.63) is 65.2 Å². The van der Waals surface area contributed by atoms with Gasteiger partial charge in [0, 0.05) is 18.4 Å². The highest BCUT2D eigenvalue weighted by atomic mass is 16.5. The summed E-state index contributed by atoms with van der Waals surface area (Å²) in [6.07, 6.45) is 2.29. The molecule has 0 aliphatic heterocycles. The number of aliphatic hydroxyl groups is 1. The van der Waals surface area contributed by atoms with Crippen molar-refractivity contribution >= 4 is 0 Å². The second kappa shape index (κ2) is 5.29. The highest BCUT2D eigenvalue weighted by Crippen LogP contribution is 2.41. The number of para-hydroxylation sites is 1. The molecule has 0 atom stereocenters. The molecule has 0 heterocycles. The van der Waals surface area contributed by atoms with Crippen LogP contribution in [-0.4, -0.2) is 11.7 Å². The molecule has 3 rings (SSSR count). The summed E-state index contributed by atoms with van der Waals surface area (Å²) in [5, 5.41) is 11.1. The molecule has 0 aromatic heterocycles. The standard InChI is InChI=1S/C18H20O2/c1-2-11-20-17-10-6-5-9-16(17)18(19)12-14-7-3-4-8-15(14)13-18/h3-10,19H,2,11-13H2,1H3. The number of ether oxygens (including phenoxy) is 1. The van der Waals surface area contributed by atoms with E-state index in [9.17, 15) is 5.11 Å². The van der Waals surface area contributed by atoms with Crippen LogP contribution in [-0.2, 0) is 18.4 Å². The average molecular weight is 268 g/mol. The summed E-state index contributed by atoms with van der Waals surface area (Å²) in [7, 11) is 0. The third kappa shape index (κ3) is 2.32. The molecule has 2 aromatic rings. The molecule has 0 saturated carbocycles. The van der Waals surface area contributed by atoms with Gasteiger partial charge < -0.3 is 9.84 Å². The first-order valence-electron chi connectivity index (χ1n) is 7.24. The van der Waals surface area contributed by atoms with Crippen molar-refractivity contribution < 1.29 is 9.84 Å². The summed E-state index contributed by atoms with van der Waals surface area (Å²) in [5.74, 6) is 0.810. The topological polar surface area (TPSA) is 29.5 Å². The zero-order valence-electron chi connectivity index (χ0n) is 11.8. The molecule has 1 N–H and O–H groups in total. The molecule has 0 saturated heterocycles. The van der Waals surface area contributed by atoms with Gasteiger partial charge in [0.2, 0.25) is 0 Å². The molecule has 20 heavy (non-hydrogen) atoms. The molecular formula is C18H20O2. The predicted octanol–water partition coefficient (Wildman–Crippen LogP) is 3.46. The maximum Gasteiger partial charge on any atom is 0.125 e. The fourth-order valence-corrected chi connectivity index (χ4v) is 2.97. The Hall–Kier alpha value is -1.80. The van der Waals surface area contributed by atoms with Crippen LogP contribution >= 0.6 is 0 Å². The molecule has 0 fully saturated rings. The van der Waals surface area contributed by atoms with Gasteiger partial charge in [-0.2, -0.15) is 0 Å². The van der Waals surface area contributed by atoms with Crippen molar-refractivity contribution in [1.82, 2.24) is 0 Å². The van der Waals surface area contributed by atoms with Crippen molar-refractivity contribution in [1.29, 1.82) is 0 Å². The predicted molar refractivity (Wildman–Crippen MR) is 80.0 cm³/mol. The van der Waals surface area contributed by atoms with Crippen molar-refractivity contribution in [3.63, 3.8) is 0 Å². The van der Waals surface area contributed by atoms with Gasteiger partial charge in [-0.25, -0.2) is 0 Å². The molecule has 0 amide bonds. The molecule has 0 spiro atoms. The van der Waals surface area contributed by atoms with Gasteiger partial charge in [0.25, 0.3) is 0 Å². The summed E-state index contributed by atoms with van der Waals surface area (Å²) in [5.41, 5.74) is 2.54. The van der Waals surface area contributed by atoms with Gasteiger partial charge in [0.1, 0.15) is 11.4 Å². The number of hydrogen-bond donors (Lipinski definition) is 1. The van der Waals surface area contributed by atoms with Crippen LogP contribution in [0, 0.1) is 0 Å². The van der Waals surface area contributed by atoms with Crippen molar-refractivity contribution in [2.45, 2.75) is 31.8 Å². The van der Waals surface area contributed by atoms with Gasteiger partial charge >= 0.3 is 0 Å². The van der Waals surface area contributed by atoms with Crippen molar-refractivity contribution in [2.24, 2.45) is 0 Å². The zero-order valence-corrected chi connectivity index (χ0v) is 11.8. The van der Waals surface area contributed by atoms with Crippen LogP contribution in [0.3, 0.4) is 0 Å². The first-order chi connectivity index (χ1) is 9.73. The molecule has 2 nitrogen and oxygen atoms in total. The molecule has 0 bridgehead atoms. The van der Waals surface area contributed by atoms with E-state index in [-0.39, 0.29) is 0 Å². The number of benzene rings is 2. The molecule has 1 aliphatic carbocycles. The molecular weight excluding hydrogens is 248 g/mol. The Morgan fingerprint density at radius 1 is 1.00 bits per heavy atom. The van der Waals surface area contributed by atoms with Crippen molar-refractivity contribution in [2.75, 3.05) is 6.61 Å². The van der Waals surface area contributed by atoms with Gasteiger partial charge in [-0.3, -0.25) is 0 Å². The summed E-state index contributed by atoms with van der Waals surface area (Å²) in [6, 6.07) is 16.1. The lowest BCUT2D eigenvalue weighted by Crippen LogP contribution is -2.27. The van der Waals surface area contributed by atoms with E-state index in [4.69, 9.17) is 4.74 Å². The smallest absolute Gasteiger partial charge is 0.125 e. The number of rotatable bonds is 4. The molecule has 0 radical (unpaired) electrons. The van der Waals surface area contributed by atoms with E-state index in [0.717, 1.165) is 17.7 Å². The van der Waals surface area contributed by atoms with Gasteiger partial charge in [0.05, 0.1) is 6.61 Å².